The standard InChI is InChI=1S/C14H8ClNO2S2/c15-10-3-1-9(2-4-10)14-16-11(7-19-14)12-5-6-13(20-12)18-8-17/h1-8H. The molecule has 0 radical (unpaired) electrons. The molecule has 0 saturated heterocycles. The van der Waals surface area contributed by atoms with Crippen LogP contribution >= 0.6 is 34.3 Å². The number of nitrogens with zero attached hydrogens (tertiary/aromatic N) is 1. The number of hydrogen-bond acceptors (Lipinski definition) is 5. The molecule has 0 unspecified atom stereocenters. The van der Waals surface area contributed by atoms with Gasteiger partial charge in [0.25, 0.3) is 6.47 Å². The summed E-state index contributed by atoms with van der Waals surface area (Å²) < 4.78 is 4.81. The highest BCUT2D eigenvalue weighted by Gasteiger charge is 2.09. The number of benzene rings is 1. The van der Waals surface area contributed by atoms with Gasteiger partial charge in [-0.05, 0) is 24.3 Å². The molecule has 3 nitrogen and oxygen atoms in total. The summed E-state index contributed by atoms with van der Waals surface area (Å²) in [5, 5.41) is 4.19. The summed E-state index contributed by atoms with van der Waals surface area (Å²) in [4.78, 5) is 15.9. The van der Waals surface area contributed by atoms with Crippen molar-refractivity contribution in [1.29, 1.82) is 0 Å². The van der Waals surface area contributed by atoms with Crippen molar-refractivity contribution in [1.82, 2.24) is 4.98 Å². The topological polar surface area (TPSA) is 39.2 Å². The van der Waals surface area contributed by atoms with Crippen LogP contribution in [0.2, 0.25) is 5.02 Å². The van der Waals surface area contributed by atoms with Crippen LogP contribution in [0.4, 0.5) is 0 Å². The second-order valence-corrected chi connectivity index (χ2v) is 6.22. The van der Waals surface area contributed by atoms with E-state index in [0.717, 1.165) is 21.1 Å². The van der Waals surface area contributed by atoms with E-state index in [0.29, 0.717) is 16.6 Å². The van der Waals surface area contributed by atoms with Gasteiger partial charge < -0.3 is 4.74 Å². The van der Waals surface area contributed by atoms with Crippen molar-refractivity contribution in [2.45, 2.75) is 0 Å². The second-order valence-electron chi connectivity index (χ2n) is 3.88. The Kier molecular flexibility index (Phi) is 3.82. The fourth-order valence-corrected chi connectivity index (χ4v) is 3.49. The normalized spacial score (nSPS) is 10.4. The summed E-state index contributed by atoms with van der Waals surface area (Å²) >= 11 is 8.83. The van der Waals surface area contributed by atoms with E-state index in [-0.39, 0.29) is 0 Å². The third-order valence-electron chi connectivity index (χ3n) is 2.59. The van der Waals surface area contributed by atoms with Crippen molar-refractivity contribution in [2.75, 3.05) is 0 Å². The zero-order valence-corrected chi connectivity index (χ0v) is 12.5. The molecule has 6 heteroatoms. The van der Waals surface area contributed by atoms with Crippen LogP contribution in [-0.4, -0.2) is 11.5 Å². The highest BCUT2D eigenvalue weighted by Crippen LogP contribution is 2.35. The van der Waals surface area contributed by atoms with Gasteiger partial charge in [-0.25, -0.2) is 4.98 Å². The van der Waals surface area contributed by atoms with E-state index in [9.17, 15) is 4.79 Å². The minimum absolute atomic E-state index is 0.426. The maximum Gasteiger partial charge on any atom is 0.299 e. The average Bonchev–Trinajstić information content (AvgIpc) is 3.08. The van der Waals surface area contributed by atoms with E-state index >= 15 is 0 Å². The summed E-state index contributed by atoms with van der Waals surface area (Å²) in [5.74, 6) is 0. The zero-order valence-electron chi connectivity index (χ0n) is 10.1. The molecule has 20 heavy (non-hydrogen) atoms. The van der Waals surface area contributed by atoms with Crippen molar-refractivity contribution in [3.05, 3.63) is 46.8 Å². The van der Waals surface area contributed by atoms with Gasteiger partial charge in [-0.15, -0.1) is 11.3 Å². The first-order valence-corrected chi connectivity index (χ1v) is 7.75. The zero-order chi connectivity index (χ0) is 13.9. The Bertz CT molecular complexity index is 734. The minimum atomic E-state index is 0.426. The molecular weight excluding hydrogens is 314 g/mol. The molecule has 0 aliphatic heterocycles. The van der Waals surface area contributed by atoms with Gasteiger partial charge in [-0.2, -0.15) is 0 Å². The fraction of sp³-hybridized carbons (Fsp3) is 0. The number of thiophene rings is 1. The highest BCUT2D eigenvalue weighted by molar-refractivity contribution is 7.18. The predicted molar refractivity (Wildman–Crippen MR) is 82.6 cm³/mol. The summed E-state index contributed by atoms with van der Waals surface area (Å²) in [6.45, 7) is 0.426. The van der Waals surface area contributed by atoms with E-state index in [1.165, 1.54) is 11.3 Å². The molecule has 2 heterocycles. The lowest BCUT2D eigenvalue weighted by atomic mass is 10.2. The SMILES string of the molecule is O=COc1ccc(-c2csc(-c3ccc(Cl)cc3)n2)s1. The van der Waals surface area contributed by atoms with E-state index < -0.39 is 0 Å². The summed E-state index contributed by atoms with van der Waals surface area (Å²) in [7, 11) is 0. The Morgan fingerprint density at radius 2 is 1.95 bits per heavy atom. The Morgan fingerprint density at radius 3 is 2.70 bits per heavy atom. The summed E-state index contributed by atoms with van der Waals surface area (Å²) in [6.07, 6.45) is 0. The van der Waals surface area contributed by atoms with Crippen LogP contribution in [-0.2, 0) is 4.79 Å². The van der Waals surface area contributed by atoms with Crippen LogP contribution in [0.15, 0.2) is 41.8 Å². The average molecular weight is 322 g/mol. The second kappa shape index (κ2) is 5.75. The molecule has 0 aliphatic carbocycles. The van der Waals surface area contributed by atoms with Crippen LogP contribution in [0.5, 0.6) is 5.06 Å². The third-order valence-corrected chi connectivity index (χ3v) is 4.74. The molecule has 2 aromatic heterocycles. The van der Waals surface area contributed by atoms with E-state index in [4.69, 9.17) is 16.3 Å². The minimum Gasteiger partial charge on any atom is -0.418 e. The van der Waals surface area contributed by atoms with Gasteiger partial charge in [0.15, 0.2) is 5.06 Å². The molecule has 0 atom stereocenters. The summed E-state index contributed by atoms with van der Waals surface area (Å²) in [6, 6.07) is 11.2. The number of carbonyl (C=O) groups is 1. The number of hydrogen-bond donors (Lipinski definition) is 0. The molecule has 0 saturated carbocycles. The van der Waals surface area contributed by atoms with Crippen molar-refractivity contribution < 1.29 is 9.53 Å². The molecule has 100 valence electrons. The smallest absolute Gasteiger partial charge is 0.299 e. The largest absolute Gasteiger partial charge is 0.418 e. The number of ether oxygens (including phenoxy) is 1. The third kappa shape index (κ3) is 2.75. The Hall–Kier alpha value is -1.69. The van der Waals surface area contributed by atoms with Gasteiger partial charge in [-0.1, -0.05) is 35.1 Å². The van der Waals surface area contributed by atoms with Gasteiger partial charge in [0, 0.05) is 16.0 Å². The Morgan fingerprint density at radius 1 is 1.15 bits per heavy atom. The maximum atomic E-state index is 10.3. The van der Waals surface area contributed by atoms with E-state index in [2.05, 4.69) is 4.98 Å². The van der Waals surface area contributed by atoms with E-state index in [1.807, 2.05) is 35.7 Å². The lowest BCUT2D eigenvalue weighted by Gasteiger charge is -1.95. The highest BCUT2D eigenvalue weighted by atomic mass is 35.5. The van der Waals surface area contributed by atoms with Crippen LogP contribution in [0.1, 0.15) is 0 Å². The maximum absolute atomic E-state index is 10.3. The molecule has 0 amide bonds. The molecule has 0 fully saturated rings. The van der Waals surface area contributed by atoms with Crippen LogP contribution in [0.3, 0.4) is 0 Å². The first-order chi connectivity index (χ1) is 9.76. The Balaban J connectivity index is 1.89. The Labute approximate surface area is 128 Å². The number of halogens is 1. The van der Waals surface area contributed by atoms with Gasteiger partial charge in [0.1, 0.15) is 5.01 Å². The predicted octanol–water partition coefficient (Wildman–Crippen LogP) is 4.73. The van der Waals surface area contributed by atoms with Crippen molar-refractivity contribution in [3.63, 3.8) is 0 Å². The van der Waals surface area contributed by atoms with Crippen LogP contribution in [0.25, 0.3) is 21.1 Å². The monoisotopic (exact) mass is 321 g/mol. The molecule has 0 bridgehead atoms. The van der Waals surface area contributed by atoms with E-state index in [1.54, 1.807) is 17.4 Å². The molecule has 3 rings (SSSR count). The lowest BCUT2D eigenvalue weighted by Crippen LogP contribution is -1.82. The first kappa shape index (κ1) is 13.3. The molecular formula is C14H8ClNO2S2. The number of aromatic nitrogens is 1. The first-order valence-electron chi connectivity index (χ1n) is 5.68. The molecule has 0 aliphatic rings. The summed E-state index contributed by atoms with van der Waals surface area (Å²) in [5.41, 5.74) is 1.91. The van der Waals surface area contributed by atoms with Gasteiger partial charge in [0.2, 0.25) is 0 Å². The fourth-order valence-electron chi connectivity index (χ4n) is 1.68. The number of rotatable bonds is 4. The van der Waals surface area contributed by atoms with Gasteiger partial charge in [-0.3, -0.25) is 4.79 Å². The molecule has 1 aromatic carbocycles. The molecule has 0 spiro atoms. The van der Waals surface area contributed by atoms with Crippen molar-refractivity contribution >= 4 is 40.7 Å². The van der Waals surface area contributed by atoms with Crippen LogP contribution in [0, 0.1) is 0 Å². The molecule has 0 N–H and O–H groups in total. The van der Waals surface area contributed by atoms with Gasteiger partial charge >= 0.3 is 0 Å². The lowest BCUT2D eigenvalue weighted by molar-refractivity contribution is -0.120. The quantitative estimate of drug-likeness (QED) is 0.652. The molecule has 3 aromatic rings. The van der Waals surface area contributed by atoms with Crippen molar-refractivity contribution in [2.24, 2.45) is 0 Å². The van der Waals surface area contributed by atoms with Crippen LogP contribution < -0.4 is 4.74 Å². The van der Waals surface area contributed by atoms with Gasteiger partial charge in [0.05, 0.1) is 10.6 Å². The number of carbonyl (C=O) groups excluding carboxylic acids is 1. The van der Waals surface area contributed by atoms with Crippen molar-refractivity contribution in [3.8, 4) is 26.2 Å². The number of thiazole rings is 1.